The Morgan fingerprint density at radius 1 is 1.42 bits per heavy atom. The fourth-order valence-electron chi connectivity index (χ4n) is 3.74. The van der Waals surface area contributed by atoms with Gasteiger partial charge in [0.2, 0.25) is 0 Å². The largest absolute Gasteiger partial charge is 0.372 e. The number of allylic oxidation sites excluding steroid dienone is 8. The van der Waals surface area contributed by atoms with Gasteiger partial charge in [-0.2, -0.15) is 0 Å². The first-order valence-electron chi connectivity index (χ1n) is 8.81. The molecule has 0 spiro atoms. The van der Waals surface area contributed by atoms with Gasteiger partial charge >= 0.3 is 0 Å². The first-order valence-corrected chi connectivity index (χ1v) is 8.81. The summed E-state index contributed by atoms with van der Waals surface area (Å²) in [7, 11) is 1.82. The summed E-state index contributed by atoms with van der Waals surface area (Å²) in [6.45, 7) is 15.4. The van der Waals surface area contributed by atoms with Crippen molar-refractivity contribution in [3.05, 3.63) is 72.4 Å². The Hall–Kier alpha value is -1.64. The lowest BCUT2D eigenvalue weighted by atomic mass is 9.76. The van der Waals surface area contributed by atoms with Crippen LogP contribution in [0.15, 0.2) is 72.4 Å². The van der Waals surface area contributed by atoms with Crippen molar-refractivity contribution in [3.8, 4) is 0 Å². The topological polar surface area (TPSA) is 21.3 Å². The predicted molar refractivity (Wildman–Crippen MR) is 104 cm³/mol. The number of nitrogens with one attached hydrogen (secondary N) is 1. The number of hydrogen-bond donors (Lipinski definition) is 1. The highest BCUT2D eigenvalue weighted by Crippen LogP contribution is 2.39. The van der Waals surface area contributed by atoms with Crippen LogP contribution in [0.2, 0.25) is 0 Å². The van der Waals surface area contributed by atoms with Crippen LogP contribution in [0.5, 0.6) is 0 Å². The molecule has 0 aromatic rings. The van der Waals surface area contributed by atoms with Gasteiger partial charge in [-0.3, -0.25) is 0 Å². The van der Waals surface area contributed by atoms with Gasteiger partial charge in [-0.05, 0) is 42.9 Å². The van der Waals surface area contributed by atoms with E-state index < -0.39 is 0 Å². The molecule has 130 valence electrons. The third-order valence-corrected chi connectivity index (χ3v) is 5.23. The van der Waals surface area contributed by atoms with Crippen LogP contribution in [0.3, 0.4) is 0 Å². The van der Waals surface area contributed by atoms with Gasteiger partial charge in [-0.15, -0.1) is 0 Å². The number of hydrogen-bond acceptors (Lipinski definition) is 2. The van der Waals surface area contributed by atoms with E-state index in [1.807, 2.05) is 26.2 Å². The Bertz CT molecular complexity index is 607. The van der Waals surface area contributed by atoms with Crippen molar-refractivity contribution in [2.75, 3.05) is 13.7 Å². The van der Waals surface area contributed by atoms with Crippen molar-refractivity contribution in [2.24, 2.45) is 11.8 Å². The van der Waals surface area contributed by atoms with Crippen molar-refractivity contribution in [3.63, 3.8) is 0 Å². The third kappa shape index (κ3) is 3.71. The van der Waals surface area contributed by atoms with E-state index in [1.165, 1.54) is 11.1 Å². The predicted octanol–water partition coefficient (Wildman–Crippen LogP) is 4.75. The highest BCUT2D eigenvalue weighted by molar-refractivity contribution is 5.46. The summed E-state index contributed by atoms with van der Waals surface area (Å²) < 4.78 is 5.94. The summed E-state index contributed by atoms with van der Waals surface area (Å²) in [5, 5.41) is 3.52. The normalized spacial score (nSPS) is 33.8. The first kappa shape index (κ1) is 18.7. The smallest absolute Gasteiger partial charge is 0.106 e. The van der Waals surface area contributed by atoms with Crippen molar-refractivity contribution in [1.29, 1.82) is 0 Å². The van der Waals surface area contributed by atoms with Crippen molar-refractivity contribution < 1.29 is 4.74 Å². The zero-order chi connectivity index (χ0) is 17.7. The lowest BCUT2D eigenvalue weighted by Crippen LogP contribution is -2.37. The van der Waals surface area contributed by atoms with E-state index in [1.54, 1.807) is 0 Å². The molecule has 0 aromatic carbocycles. The fourth-order valence-corrected chi connectivity index (χ4v) is 3.74. The van der Waals surface area contributed by atoms with Crippen LogP contribution in [0, 0.1) is 11.8 Å². The average Bonchev–Trinajstić information content (AvgIpc) is 2.98. The number of rotatable bonds is 6. The molecule has 4 unspecified atom stereocenters. The molecule has 0 saturated carbocycles. The molecule has 4 atom stereocenters. The summed E-state index contributed by atoms with van der Waals surface area (Å²) in [6, 6.07) is 0.484. The standard InChI is InChI=1S/C22H31NO/c1-7-9-10-20(16(3)8-2)21-12-11-19(13-17(21)4)22(24-6)14-18(5)23-15-22/h7-13,17-18,21,23H,2-3,14-15H2,1,4-6H3. The molecular weight excluding hydrogens is 294 g/mol. The molecule has 0 aromatic heterocycles. The van der Waals surface area contributed by atoms with Crippen molar-refractivity contribution in [2.45, 2.75) is 38.8 Å². The molecule has 0 radical (unpaired) electrons. The van der Waals surface area contributed by atoms with Gasteiger partial charge in [0.05, 0.1) is 0 Å². The number of ether oxygens (including phenoxy) is 1. The minimum Gasteiger partial charge on any atom is -0.372 e. The molecule has 0 bridgehead atoms. The minimum atomic E-state index is -0.197. The Morgan fingerprint density at radius 3 is 2.67 bits per heavy atom. The van der Waals surface area contributed by atoms with E-state index in [2.05, 4.69) is 62.7 Å². The summed E-state index contributed by atoms with van der Waals surface area (Å²) in [5.41, 5.74) is 3.31. The fraction of sp³-hybridized carbons (Fsp3) is 0.455. The van der Waals surface area contributed by atoms with Gasteiger partial charge in [-0.25, -0.2) is 0 Å². The van der Waals surface area contributed by atoms with Gasteiger partial charge in [0.15, 0.2) is 0 Å². The maximum absolute atomic E-state index is 5.94. The Balaban J connectivity index is 2.28. The summed E-state index contributed by atoms with van der Waals surface area (Å²) in [5.74, 6) is 0.706. The van der Waals surface area contributed by atoms with Gasteiger partial charge in [0.1, 0.15) is 5.60 Å². The van der Waals surface area contributed by atoms with E-state index in [0.717, 1.165) is 18.5 Å². The molecular formula is C22H31NO. The Labute approximate surface area is 147 Å². The molecule has 2 aliphatic rings. The molecule has 0 amide bonds. The van der Waals surface area contributed by atoms with E-state index >= 15 is 0 Å². The minimum absolute atomic E-state index is 0.197. The summed E-state index contributed by atoms with van der Waals surface area (Å²) in [6.07, 6.45) is 16.0. The summed E-state index contributed by atoms with van der Waals surface area (Å²) >= 11 is 0. The van der Waals surface area contributed by atoms with Gasteiger partial charge in [0.25, 0.3) is 0 Å². The highest BCUT2D eigenvalue weighted by Gasteiger charge is 2.41. The average molecular weight is 325 g/mol. The quantitative estimate of drug-likeness (QED) is 0.712. The van der Waals surface area contributed by atoms with Crippen molar-refractivity contribution in [1.82, 2.24) is 5.32 Å². The molecule has 2 heteroatoms. The number of methoxy groups -OCH3 is 1. The lowest BCUT2D eigenvalue weighted by Gasteiger charge is -2.34. The second-order valence-electron chi connectivity index (χ2n) is 6.93. The molecule has 24 heavy (non-hydrogen) atoms. The molecule has 1 fully saturated rings. The lowest BCUT2D eigenvalue weighted by molar-refractivity contribution is 0.0398. The monoisotopic (exact) mass is 325 g/mol. The molecule has 2 rings (SSSR count). The van der Waals surface area contributed by atoms with Crippen LogP contribution in [0.25, 0.3) is 0 Å². The first-order chi connectivity index (χ1) is 11.5. The van der Waals surface area contributed by atoms with Crippen LogP contribution in [0.1, 0.15) is 27.2 Å². The second kappa shape index (κ2) is 7.96. The van der Waals surface area contributed by atoms with E-state index in [-0.39, 0.29) is 5.60 Å². The Morgan fingerprint density at radius 2 is 2.17 bits per heavy atom. The second-order valence-corrected chi connectivity index (χ2v) is 6.93. The highest BCUT2D eigenvalue weighted by atomic mass is 16.5. The van der Waals surface area contributed by atoms with E-state index in [4.69, 9.17) is 4.74 Å². The molecule has 1 heterocycles. The molecule has 1 saturated heterocycles. The van der Waals surface area contributed by atoms with Gasteiger partial charge < -0.3 is 10.1 Å². The van der Waals surface area contributed by atoms with Crippen LogP contribution >= 0.6 is 0 Å². The van der Waals surface area contributed by atoms with E-state index in [0.29, 0.717) is 17.9 Å². The van der Waals surface area contributed by atoms with Crippen molar-refractivity contribution >= 4 is 0 Å². The van der Waals surface area contributed by atoms with Crippen LogP contribution in [-0.4, -0.2) is 25.3 Å². The van der Waals surface area contributed by atoms with Crippen LogP contribution in [-0.2, 0) is 4.74 Å². The maximum Gasteiger partial charge on any atom is 0.106 e. The zero-order valence-corrected chi connectivity index (χ0v) is 15.5. The van der Waals surface area contributed by atoms with Crippen LogP contribution in [0.4, 0.5) is 0 Å². The van der Waals surface area contributed by atoms with Gasteiger partial charge in [-0.1, -0.05) is 62.6 Å². The Kier molecular flexibility index (Phi) is 6.20. The van der Waals surface area contributed by atoms with Gasteiger partial charge in [0, 0.05) is 25.6 Å². The molecule has 1 aliphatic heterocycles. The van der Waals surface area contributed by atoms with Crippen LogP contribution < -0.4 is 5.32 Å². The SMILES string of the molecule is C=CC(=C)C(=CC=CC)C1C=CC(C2(OC)CNC(C)C2)=CC1C. The molecule has 2 nitrogen and oxygen atoms in total. The third-order valence-electron chi connectivity index (χ3n) is 5.23. The zero-order valence-electron chi connectivity index (χ0n) is 15.5. The molecule has 1 aliphatic carbocycles. The van der Waals surface area contributed by atoms with E-state index in [9.17, 15) is 0 Å². The molecule has 1 N–H and O–H groups in total. The summed E-state index contributed by atoms with van der Waals surface area (Å²) in [4.78, 5) is 0. The maximum atomic E-state index is 5.94.